The molecule has 2 aromatic carbocycles. The third-order valence-electron chi connectivity index (χ3n) is 3.62. The van der Waals surface area contributed by atoms with Crippen LogP contribution >= 0.6 is 11.3 Å². The number of anilines is 1. The molecule has 0 atom stereocenters. The molecule has 3 rings (SSSR count). The molecule has 25 heavy (non-hydrogen) atoms. The second kappa shape index (κ2) is 6.91. The summed E-state index contributed by atoms with van der Waals surface area (Å²) in [6, 6.07) is 12.2. The van der Waals surface area contributed by atoms with Crippen LogP contribution in [-0.2, 0) is 14.8 Å². The molecule has 1 amide bonds. The maximum Gasteiger partial charge on any atom is 0.241 e. The number of aromatic nitrogens is 1. The molecule has 8 heteroatoms. The van der Waals surface area contributed by atoms with Crippen molar-refractivity contribution in [1.29, 1.82) is 0 Å². The van der Waals surface area contributed by atoms with Crippen molar-refractivity contribution >= 4 is 42.6 Å². The molecule has 0 saturated heterocycles. The van der Waals surface area contributed by atoms with Crippen LogP contribution in [0, 0.1) is 13.8 Å². The molecule has 6 nitrogen and oxygen atoms in total. The van der Waals surface area contributed by atoms with Gasteiger partial charge >= 0.3 is 0 Å². The Morgan fingerprint density at radius 2 is 1.84 bits per heavy atom. The Balaban J connectivity index is 1.65. The number of hydrogen-bond acceptors (Lipinski definition) is 5. The minimum Gasteiger partial charge on any atom is -0.301 e. The van der Waals surface area contributed by atoms with Gasteiger partial charge < -0.3 is 5.32 Å². The van der Waals surface area contributed by atoms with E-state index in [-0.39, 0.29) is 11.4 Å². The Labute approximate surface area is 150 Å². The summed E-state index contributed by atoms with van der Waals surface area (Å²) in [5, 5.41) is 3.08. The van der Waals surface area contributed by atoms with Gasteiger partial charge in [0.2, 0.25) is 15.9 Å². The zero-order valence-electron chi connectivity index (χ0n) is 13.7. The summed E-state index contributed by atoms with van der Waals surface area (Å²) in [4.78, 5) is 16.5. The first kappa shape index (κ1) is 17.5. The largest absolute Gasteiger partial charge is 0.301 e. The third-order valence-corrected chi connectivity index (χ3v) is 5.97. The van der Waals surface area contributed by atoms with Crippen LogP contribution in [0.15, 0.2) is 47.4 Å². The summed E-state index contributed by atoms with van der Waals surface area (Å²) in [6.45, 7) is 3.46. The lowest BCUT2D eigenvalue weighted by molar-refractivity contribution is -0.115. The lowest BCUT2D eigenvalue weighted by Crippen LogP contribution is -2.32. The van der Waals surface area contributed by atoms with E-state index in [2.05, 4.69) is 15.0 Å². The number of amides is 1. The maximum atomic E-state index is 12.2. The van der Waals surface area contributed by atoms with Gasteiger partial charge in [-0.15, -0.1) is 0 Å². The Morgan fingerprint density at radius 1 is 1.12 bits per heavy atom. The van der Waals surface area contributed by atoms with E-state index >= 15 is 0 Å². The highest BCUT2D eigenvalue weighted by Gasteiger charge is 2.16. The van der Waals surface area contributed by atoms with Crippen molar-refractivity contribution in [1.82, 2.24) is 9.71 Å². The van der Waals surface area contributed by atoms with Crippen LogP contribution < -0.4 is 10.0 Å². The molecule has 1 aromatic heterocycles. The van der Waals surface area contributed by atoms with Crippen LogP contribution in [0.1, 0.15) is 11.1 Å². The van der Waals surface area contributed by atoms with Crippen LogP contribution in [0.3, 0.4) is 0 Å². The Hall–Kier alpha value is -2.29. The first-order chi connectivity index (χ1) is 11.8. The number of rotatable bonds is 5. The van der Waals surface area contributed by atoms with E-state index in [1.807, 2.05) is 32.0 Å². The molecular formula is C17H17N3O3S2. The first-order valence-electron chi connectivity index (χ1n) is 7.57. The SMILES string of the molecule is Cc1ccc(S(=O)(=O)NCC(=O)Nc2nc3c(C)cccc3s2)cc1. The number of fused-ring (bicyclic) bond motifs is 1. The van der Waals surface area contributed by atoms with E-state index < -0.39 is 15.9 Å². The number of benzene rings is 2. The number of carbonyl (C=O) groups is 1. The van der Waals surface area contributed by atoms with E-state index in [9.17, 15) is 13.2 Å². The average Bonchev–Trinajstić information content (AvgIpc) is 2.97. The quantitative estimate of drug-likeness (QED) is 0.718. The van der Waals surface area contributed by atoms with E-state index in [0.717, 1.165) is 21.3 Å². The van der Waals surface area contributed by atoms with E-state index in [1.54, 1.807) is 12.1 Å². The number of aryl methyl sites for hydroxylation is 2. The summed E-state index contributed by atoms with van der Waals surface area (Å²) in [6.07, 6.45) is 0. The van der Waals surface area contributed by atoms with E-state index in [1.165, 1.54) is 23.5 Å². The number of nitrogens with one attached hydrogen (secondary N) is 2. The highest BCUT2D eigenvalue weighted by Crippen LogP contribution is 2.27. The second-order valence-electron chi connectivity index (χ2n) is 5.63. The number of carbonyl (C=O) groups excluding carboxylic acids is 1. The van der Waals surface area contributed by atoms with Crippen LogP contribution in [0.5, 0.6) is 0 Å². The molecule has 0 radical (unpaired) electrons. The van der Waals surface area contributed by atoms with Gasteiger partial charge in [-0.1, -0.05) is 41.2 Å². The number of thiazole rings is 1. The molecule has 2 N–H and O–H groups in total. The lowest BCUT2D eigenvalue weighted by Gasteiger charge is -2.06. The molecule has 0 spiro atoms. The topological polar surface area (TPSA) is 88.2 Å². The summed E-state index contributed by atoms with van der Waals surface area (Å²) < 4.78 is 27.6. The van der Waals surface area contributed by atoms with Gasteiger partial charge in [-0.25, -0.2) is 18.1 Å². The molecule has 0 aliphatic rings. The van der Waals surface area contributed by atoms with E-state index in [4.69, 9.17) is 0 Å². The van der Waals surface area contributed by atoms with Gasteiger partial charge in [0, 0.05) is 0 Å². The average molecular weight is 375 g/mol. The Morgan fingerprint density at radius 3 is 2.52 bits per heavy atom. The normalized spacial score (nSPS) is 11.6. The third kappa shape index (κ3) is 4.04. The molecule has 0 bridgehead atoms. The molecule has 3 aromatic rings. The van der Waals surface area contributed by atoms with Crippen molar-refractivity contribution in [3.63, 3.8) is 0 Å². The fraction of sp³-hybridized carbons (Fsp3) is 0.176. The van der Waals surface area contributed by atoms with Gasteiger partial charge in [-0.2, -0.15) is 0 Å². The Kier molecular flexibility index (Phi) is 4.85. The zero-order valence-corrected chi connectivity index (χ0v) is 15.4. The first-order valence-corrected chi connectivity index (χ1v) is 9.87. The molecule has 0 fully saturated rings. The minimum atomic E-state index is -3.72. The van der Waals surface area contributed by atoms with Crippen LogP contribution in [0.2, 0.25) is 0 Å². The molecule has 1 heterocycles. The van der Waals surface area contributed by atoms with Crippen molar-refractivity contribution < 1.29 is 13.2 Å². The number of para-hydroxylation sites is 1. The monoisotopic (exact) mass is 375 g/mol. The van der Waals surface area contributed by atoms with Gasteiger partial charge in [-0.05, 0) is 37.6 Å². The predicted octanol–water partition coefficient (Wildman–Crippen LogP) is 2.83. The summed E-state index contributed by atoms with van der Waals surface area (Å²) in [5.74, 6) is -0.465. The molecule has 0 aliphatic heterocycles. The van der Waals surface area contributed by atoms with E-state index in [0.29, 0.717) is 5.13 Å². The molecular weight excluding hydrogens is 358 g/mol. The molecule has 130 valence electrons. The van der Waals surface area contributed by atoms with Crippen LogP contribution in [-0.4, -0.2) is 25.9 Å². The van der Waals surface area contributed by atoms with Gasteiger partial charge in [0.1, 0.15) is 0 Å². The van der Waals surface area contributed by atoms with Crippen LogP contribution in [0.25, 0.3) is 10.2 Å². The number of hydrogen-bond donors (Lipinski definition) is 2. The van der Waals surface area contributed by atoms with Gasteiger partial charge in [0.15, 0.2) is 5.13 Å². The van der Waals surface area contributed by atoms with Crippen molar-refractivity contribution in [3.8, 4) is 0 Å². The summed E-state index contributed by atoms with van der Waals surface area (Å²) in [7, 11) is -3.72. The standard InChI is InChI=1S/C17H17N3O3S2/c1-11-6-8-13(9-7-11)25(22,23)18-10-15(21)19-17-20-16-12(2)4-3-5-14(16)24-17/h3-9,18H,10H2,1-2H3,(H,19,20,21). The fourth-order valence-electron chi connectivity index (χ4n) is 2.26. The second-order valence-corrected chi connectivity index (χ2v) is 8.42. The highest BCUT2D eigenvalue weighted by atomic mass is 32.2. The van der Waals surface area contributed by atoms with Gasteiger partial charge in [-0.3, -0.25) is 4.79 Å². The lowest BCUT2D eigenvalue weighted by atomic mass is 10.2. The van der Waals surface area contributed by atoms with Gasteiger partial charge in [0.05, 0.1) is 21.7 Å². The van der Waals surface area contributed by atoms with Crippen molar-refractivity contribution in [2.24, 2.45) is 0 Å². The summed E-state index contributed by atoms with van der Waals surface area (Å²) >= 11 is 1.35. The minimum absolute atomic E-state index is 0.126. The zero-order chi connectivity index (χ0) is 18.0. The van der Waals surface area contributed by atoms with Gasteiger partial charge in [0.25, 0.3) is 0 Å². The van der Waals surface area contributed by atoms with Crippen molar-refractivity contribution in [2.75, 3.05) is 11.9 Å². The molecule has 0 saturated carbocycles. The van der Waals surface area contributed by atoms with Crippen molar-refractivity contribution in [2.45, 2.75) is 18.7 Å². The maximum absolute atomic E-state index is 12.2. The molecule has 0 aliphatic carbocycles. The number of nitrogens with zero attached hydrogens (tertiary/aromatic N) is 1. The van der Waals surface area contributed by atoms with Crippen molar-refractivity contribution in [3.05, 3.63) is 53.6 Å². The summed E-state index contributed by atoms with van der Waals surface area (Å²) in [5.41, 5.74) is 2.82. The predicted molar refractivity (Wildman–Crippen MR) is 99.4 cm³/mol. The molecule has 0 unspecified atom stereocenters. The smallest absolute Gasteiger partial charge is 0.241 e. The number of sulfonamides is 1. The Bertz CT molecular complexity index is 1020. The van der Waals surface area contributed by atoms with Crippen LogP contribution in [0.4, 0.5) is 5.13 Å². The highest BCUT2D eigenvalue weighted by molar-refractivity contribution is 7.89. The fourth-order valence-corrected chi connectivity index (χ4v) is 4.21.